The summed E-state index contributed by atoms with van der Waals surface area (Å²) in [5, 5.41) is 3.02. The van der Waals surface area contributed by atoms with E-state index >= 15 is 0 Å². The van der Waals surface area contributed by atoms with Gasteiger partial charge in [-0.25, -0.2) is 8.42 Å². The number of sulfonamides is 1. The van der Waals surface area contributed by atoms with Crippen LogP contribution >= 0.6 is 11.6 Å². The first kappa shape index (κ1) is 21.9. The second-order valence-corrected chi connectivity index (χ2v) is 9.62. The fourth-order valence-corrected chi connectivity index (χ4v) is 3.20. The van der Waals surface area contributed by atoms with Crippen LogP contribution in [-0.4, -0.2) is 25.6 Å². The van der Waals surface area contributed by atoms with E-state index in [0.29, 0.717) is 5.69 Å². The van der Waals surface area contributed by atoms with E-state index in [0.717, 1.165) is 23.1 Å². The maximum absolute atomic E-state index is 12.0. The minimum absolute atomic E-state index is 0.0206. The van der Waals surface area contributed by atoms with Gasteiger partial charge in [-0.2, -0.15) is 0 Å². The predicted octanol–water partition coefficient (Wildman–Crippen LogP) is 3.73. The van der Waals surface area contributed by atoms with Crippen LogP contribution in [0.5, 0.6) is 0 Å². The van der Waals surface area contributed by atoms with Gasteiger partial charge < -0.3 is 5.32 Å². The number of hydrogen-bond acceptors (Lipinski definition) is 4. The number of nitrogens with zero attached hydrogens (tertiary/aromatic N) is 1. The minimum atomic E-state index is -3.40. The molecule has 2 aromatic rings. The van der Waals surface area contributed by atoms with E-state index in [1.54, 1.807) is 30.5 Å². The summed E-state index contributed by atoms with van der Waals surface area (Å²) in [4.78, 5) is 16.4. The Hall–Kier alpha value is -2.38. The zero-order valence-corrected chi connectivity index (χ0v) is 17.9. The summed E-state index contributed by atoms with van der Waals surface area (Å²) in [5.74, 6) is -0.255. The number of anilines is 1. The van der Waals surface area contributed by atoms with Gasteiger partial charge in [-0.15, -0.1) is 0 Å². The second-order valence-electron chi connectivity index (χ2n) is 7.47. The third kappa shape index (κ3) is 6.98. The smallest absolute Gasteiger partial charge is 0.244 e. The number of carbonyl (C=O) groups excluding carboxylic acids is 1. The zero-order chi connectivity index (χ0) is 20.9. The van der Waals surface area contributed by atoms with Gasteiger partial charge >= 0.3 is 0 Å². The Morgan fingerprint density at radius 1 is 1.21 bits per heavy atom. The molecule has 0 unspecified atom stereocenters. The van der Waals surface area contributed by atoms with Crippen molar-refractivity contribution in [3.63, 3.8) is 0 Å². The van der Waals surface area contributed by atoms with E-state index in [1.807, 2.05) is 12.1 Å². The van der Waals surface area contributed by atoms with Crippen LogP contribution in [0.4, 0.5) is 5.69 Å². The van der Waals surface area contributed by atoms with Gasteiger partial charge in [0.2, 0.25) is 15.9 Å². The molecule has 28 heavy (non-hydrogen) atoms. The molecule has 0 saturated heterocycles. The molecule has 1 aromatic carbocycles. The number of benzene rings is 1. The molecular weight excluding hydrogens is 398 g/mol. The van der Waals surface area contributed by atoms with Crippen LogP contribution in [-0.2, 0) is 26.8 Å². The lowest BCUT2D eigenvalue weighted by atomic mass is 9.91. The van der Waals surface area contributed by atoms with Crippen LogP contribution in [0.1, 0.15) is 37.6 Å². The lowest BCUT2D eigenvalue weighted by Crippen LogP contribution is -2.20. The number of amides is 1. The highest BCUT2D eigenvalue weighted by molar-refractivity contribution is 7.92. The molecule has 8 heteroatoms. The molecule has 0 atom stereocenters. The maximum Gasteiger partial charge on any atom is 0.244 e. The first-order valence-corrected chi connectivity index (χ1v) is 10.9. The Labute approximate surface area is 171 Å². The molecule has 0 fully saturated rings. The number of halogens is 1. The molecular formula is C20H24ClN3O3S. The van der Waals surface area contributed by atoms with Gasteiger partial charge in [0.25, 0.3) is 0 Å². The van der Waals surface area contributed by atoms with Crippen molar-refractivity contribution < 1.29 is 13.2 Å². The van der Waals surface area contributed by atoms with Gasteiger partial charge in [-0.3, -0.25) is 14.5 Å². The molecule has 6 nitrogen and oxygen atoms in total. The summed E-state index contributed by atoms with van der Waals surface area (Å²) in [5.41, 5.74) is 2.85. The number of nitrogens with one attached hydrogen (secondary N) is 2. The van der Waals surface area contributed by atoms with E-state index in [9.17, 15) is 13.2 Å². The Morgan fingerprint density at radius 3 is 2.46 bits per heavy atom. The molecule has 0 spiro atoms. The minimum Gasteiger partial charge on any atom is -0.348 e. The van der Waals surface area contributed by atoms with Crippen LogP contribution in [0.2, 0.25) is 5.02 Å². The fraction of sp³-hybridized carbons (Fsp3) is 0.300. The lowest BCUT2D eigenvalue weighted by Gasteiger charge is -2.17. The molecule has 1 heterocycles. The van der Waals surface area contributed by atoms with E-state index in [1.165, 1.54) is 6.08 Å². The van der Waals surface area contributed by atoms with Gasteiger partial charge in [-0.05, 0) is 35.4 Å². The van der Waals surface area contributed by atoms with Crippen molar-refractivity contribution in [3.8, 4) is 0 Å². The van der Waals surface area contributed by atoms with Crippen molar-refractivity contribution in [1.29, 1.82) is 0 Å². The molecule has 0 radical (unpaired) electrons. The first-order valence-electron chi connectivity index (χ1n) is 8.63. The van der Waals surface area contributed by atoms with Gasteiger partial charge in [-0.1, -0.05) is 44.5 Å². The van der Waals surface area contributed by atoms with E-state index in [4.69, 9.17) is 11.6 Å². The molecule has 1 amide bonds. The van der Waals surface area contributed by atoms with Crippen LogP contribution in [0.25, 0.3) is 6.08 Å². The predicted molar refractivity (Wildman–Crippen MR) is 114 cm³/mol. The van der Waals surface area contributed by atoms with Gasteiger partial charge in [0.1, 0.15) is 0 Å². The molecule has 150 valence electrons. The highest BCUT2D eigenvalue weighted by Crippen LogP contribution is 2.24. The summed E-state index contributed by atoms with van der Waals surface area (Å²) in [7, 11) is -3.40. The normalized spacial score (nSPS) is 12.2. The van der Waals surface area contributed by atoms with Gasteiger partial charge in [0.15, 0.2) is 0 Å². The van der Waals surface area contributed by atoms with Crippen molar-refractivity contribution in [2.45, 2.75) is 32.7 Å². The molecule has 2 rings (SSSR count). The third-order valence-electron chi connectivity index (χ3n) is 3.78. The largest absolute Gasteiger partial charge is 0.348 e. The Bertz CT molecular complexity index is 979. The molecule has 1 aromatic heterocycles. The van der Waals surface area contributed by atoms with E-state index < -0.39 is 10.0 Å². The van der Waals surface area contributed by atoms with Gasteiger partial charge in [0, 0.05) is 29.9 Å². The summed E-state index contributed by atoms with van der Waals surface area (Å²) < 4.78 is 24.9. The Kier molecular flexibility index (Phi) is 6.85. The molecule has 0 aliphatic carbocycles. The van der Waals surface area contributed by atoms with Crippen LogP contribution in [0, 0.1) is 0 Å². The van der Waals surface area contributed by atoms with Crippen molar-refractivity contribution >= 4 is 39.3 Å². The highest BCUT2D eigenvalue weighted by Gasteiger charge is 2.14. The van der Waals surface area contributed by atoms with Crippen LogP contribution < -0.4 is 10.0 Å². The van der Waals surface area contributed by atoms with Gasteiger partial charge in [0.05, 0.1) is 17.0 Å². The fourth-order valence-electron chi connectivity index (χ4n) is 2.32. The molecule has 0 saturated carbocycles. The number of aromatic nitrogens is 1. The summed E-state index contributed by atoms with van der Waals surface area (Å²) >= 11 is 6.08. The SMILES string of the molecule is CC(C)(C)c1ccc(/C=C/C(=O)NCc2ccc(NS(C)(=O)=O)c(Cl)c2)cn1. The van der Waals surface area contributed by atoms with Crippen molar-refractivity contribution in [2.75, 3.05) is 11.0 Å². The summed E-state index contributed by atoms with van der Waals surface area (Å²) in [6.07, 6.45) is 5.92. The molecule has 2 N–H and O–H groups in total. The van der Waals surface area contributed by atoms with E-state index in [-0.39, 0.29) is 22.9 Å². The molecule has 0 aliphatic heterocycles. The van der Waals surface area contributed by atoms with Crippen molar-refractivity contribution in [3.05, 3.63) is 64.4 Å². The monoisotopic (exact) mass is 421 g/mol. The number of carbonyl (C=O) groups is 1. The quantitative estimate of drug-likeness (QED) is 0.695. The first-order chi connectivity index (χ1) is 12.9. The third-order valence-corrected chi connectivity index (χ3v) is 4.68. The zero-order valence-electron chi connectivity index (χ0n) is 16.3. The van der Waals surface area contributed by atoms with Crippen LogP contribution in [0.3, 0.4) is 0 Å². The summed E-state index contributed by atoms with van der Waals surface area (Å²) in [6.45, 7) is 6.54. The highest BCUT2D eigenvalue weighted by atomic mass is 35.5. The van der Waals surface area contributed by atoms with E-state index in [2.05, 4.69) is 35.8 Å². The topological polar surface area (TPSA) is 88.2 Å². The lowest BCUT2D eigenvalue weighted by molar-refractivity contribution is -0.116. The number of pyridine rings is 1. The van der Waals surface area contributed by atoms with Crippen molar-refractivity contribution in [1.82, 2.24) is 10.3 Å². The number of rotatable bonds is 6. The standard InChI is InChI=1S/C20H24ClN3O3S/c1-20(2,3)18-9-6-14(12-22-18)7-10-19(25)23-13-15-5-8-17(16(21)11-15)24-28(4,26)27/h5-12,24H,13H2,1-4H3,(H,23,25)/b10-7+. The molecule has 0 bridgehead atoms. The average molecular weight is 422 g/mol. The van der Waals surface area contributed by atoms with Crippen molar-refractivity contribution in [2.24, 2.45) is 0 Å². The maximum atomic E-state index is 12.0. The Morgan fingerprint density at radius 2 is 1.93 bits per heavy atom. The summed E-state index contributed by atoms with van der Waals surface area (Å²) in [6, 6.07) is 8.73. The Balaban J connectivity index is 1.93. The molecule has 0 aliphatic rings. The number of hydrogen-bond donors (Lipinski definition) is 2. The second kappa shape index (κ2) is 8.75. The average Bonchev–Trinajstić information content (AvgIpc) is 2.59. The van der Waals surface area contributed by atoms with Crippen LogP contribution in [0.15, 0.2) is 42.6 Å².